The maximum atomic E-state index is 13.6. The number of hydrogen-bond acceptors (Lipinski definition) is 6. The van der Waals surface area contributed by atoms with E-state index in [-0.39, 0.29) is 36.4 Å². The summed E-state index contributed by atoms with van der Waals surface area (Å²) in [5.41, 5.74) is -1.62. The van der Waals surface area contributed by atoms with Crippen LogP contribution >= 0.6 is 0 Å². The highest BCUT2D eigenvalue weighted by molar-refractivity contribution is 6.00. The van der Waals surface area contributed by atoms with Gasteiger partial charge in [0.1, 0.15) is 17.1 Å². The first kappa shape index (κ1) is 29.4. The Bertz CT molecular complexity index is 1190. The lowest BCUT2D eigenvalue weighted by Gasteiger charge is -2.24. The maximum Gasteiger partial charge on any atom is 0.355 e. The minimum absolute atomic E-state index is 0.0114. The van der Waals surface area contributed by atoms with Crippen molar-refractivity contribution in [1.29, 1.82) is 0 Å². The van der Waals surface area contributed by atoms with Gasteiger partial charge in [0.2, 0.25) is 0 Å². The van der Waals surface area contributed by atoms with Crippen LogP contribution in [-0.4, -0.2) is 71.3 Å². The number of rotatable bonds is 11. The summed E-state index contributed by atoms with van der Waals surface area (Å²) in [4.78, 5) is 52.6. The van der Waals surface area contributed by atoms with E-state index < -0.39 is 34.6 Å². The highest BCUT2D eigenvalue weighted by Crippen LogP contribution is 2.38. The summed E-state index contributed by atoms with van der Waals surface area (Å²) < 4.78 is 12.1. The second-order valence-corrected chi connectivity index (χ2v) is 10.3. The van der Waals surface area contributed by atoms with E-state index in [9.17, 15) is 29.4 Å². The summed E-state index contributed by atoms with van der Waals surface area (Å²) in [5, 5.41) is 19.8. The van der Waals surface area contributed by atoms with Gasteiger partial charge < -0.3 is 24.6 Å². The van der Waals surface area contributed by atoms with Crippen LogP contribution in [0.15, 0.2) is 24.3 Å². The average Bonchev–Trinajstić information content (AvgIpc) is 3.10. The highest BCUT2D eigenvalue weighted by atomic mass is 16.5. The van der Waals surface area contributed by atoms with Gasteiger partial charge in [-0.3, -0.25) is 19.0 Å². The molecule has 202 valence electrons. The molecule has 1 aromatic carbocycles. The van der Waals surface area contributed by atoms with E-state index in [0.29, 0.717) is 17.0 Å². The second kappa shape index (κ2) is 11.1. The normalized spacial score (nSPS) is 11.7. The lowest BCUT2D eigenvalue weighted by Crippen LogP contribution is -2.31. The average molecular weight is 517 g/mol. The lowest BCUT2D eigenvalue weighted by molar-refractivity contribution is -0.147. The Balaban J connectivity index is 3.13. The second-order valence-electron chi connectivity index (χ2n) is 10.3. The molecule has 37 heavy (non-hydrogen) atoms. The fourth-order valence-corrected chi connectivity index (χ4v) is 3.92. The van der Waals surface area contributed by atoms with E-state index in [0.717, 1.165) is 0 Å². The Morgan fingerprint density at radius 2 is 1.32 bits per heavy atom. The van der Waals surface area contributed by atoms with Gasteiger partial charge in [-0.1, -0.05) is 0 Å². The molecule has 0 aliphatic rings. The number of amides is 1. The number of aromatic nitrogens is 1. The predicted octanol–water partition coefficient (Wildman–Crippen LogP) is 3.67. The zero-order chi connectivity index (χ0) is 28.3. The highest BCUT2D eigenvalue weighted by Gasteiger charge is 2.40. The fraction of sp³-hybridized carbons (Fsp3) is 0.481. The van der Waals surface area contributed by atoms with Gasteiger partial charge in [-0.05, 0) is 82.9 Å². The van der Waals surface area contributed by atoms with Crippen molar-refractivity contribution in [3.63, 3.8) is 0 Å². The van der Waals surface area contributed by atoms with E-state index in [1.165, 1.54) is 44.3 Å². The third kappa shape index (κ3) is 6.12. The molecule has 1 heterocycles. The molecule has 0 aliphatic heterocycles. The SMILES string of the molecule is CCOC(=O)c1c(CC(C)(C)C(=O)O)c(CC(C)(C)C(=O)O)c(C(=O)N(C)C)n1-c1ccc(OC)cc1. The number of benzene rings is 1. The first-order valence-corrected chi connectivity index (χ1v) is 11.9. The molecular weight excluding hydrogens is 480 g/mol. The number of hydrogen-bond donors (Lipinski definition) is 2. The quantitative estimate of drug-likeness (QED) is 0.432. The number of carboxylic acid groups (broad SMARTS) is 2. The molecule has 10 nitrogen and oxygen atoms in total. The van der Waals surface area contributed by atoms with Crippen LogP contribution in [0.5, 0.6) is 5.75 Å². The van der Waals surface area contributed by atoms with Crippen LogP contribution in [0.25, 0.3) is 5.69 Å². The Morgan fingerprint density at radius 1 is 0.865 bits per heavy atom. The van der Waals surface area contributed by atoms with E-state index in [1.807, 2.05) is 0 Å². The van der Waals surface area contributed by atoms with Gasteiger partial charge in [0, 0.05) is 19.8 Å². The molecule has 0 aliphatic carbocycles. The van der Waals surface area contributed by atoms with Crippen LogP contribution in [0.1, 0.15) is 66.7 Å². The monoisotopic (exact) mass is 516 g/mol. The van der Waals surface area contributed by atoms with Crippen LogP contribution in [-0.2, 0) is 27.2 Å². The number of carbonyl (C=O) groups is 4. The van der Waals surface area contributed by atoms with Gasteiger partial charge in [-0.15, -0.1) is 0 Å². The zero-order valence-corrected chi connectivity index (χ0v) is 22.7. The van der Waals surface area contributed by atoms with Crippen molar-refractivity contribution < 1.29 is 38.9 Å². The molecule has 1 aromatic heterocycles. The molecule has 0 unspecified atom stereocenters. The third-order valence-electron chi connectivity index (χ3n) is 6.19. The van der Waals surface area contributed by atoms with Gasteiger partial charge in [0.25, 0.3) is 5.91 Å². The first-order valence-electron chi connectivity index (χ1n) is 11.9. The first-order chi connectivity index (χ1) is 17.1. The van der Waals surface area contributed by atoms with Crippen molar-refractivity contribution in [2.45, 2.75) is 47.5 Å². The summed E-state index contributed by atoms with van der Waals surface area (Å²) in [5.74, 6) is -2.88. The number of esters is 1. The minimum Gasteiger partial charge on any atom is -0.497 e. The van der Waals surface area contributed by atoms with Gasteiger partial charge in [0.05, 0.1) is 24.5 Å². The van der Waals surface area contributed by atoms with Crippen LogP contribution in [0.2, 0.25) is 0 Å². The summed E-state index contributed by atoms with van der Waals surface area (Å²) in [6.45, 7) is 7.73. The summed E-state index contributed by atoms with van der Waals surface area (Å²) in [6.07, 6.45) is -0.268. The molecule has 1 amide bonds. The number of carboxylic acids is 2. The lowest BCUT2D eigenvalue weighted by atomic mass is 9.79. The Kier molecular flexibility index (Phi) is 8.79. The third-order valence-corrected chi connectivity index (χ3v) is 6.19. The van der Waals surface area contributed by atoms with Gasteiger partial charge in [-0.25, -0.2) is 4.79 Å². The van der Waals surface area contributed by atoms with Crippen molar-refractivity contribution in [3.8, 4) is 11.4 Å². The molecular formula is C27H36N2O8. The van der Waals surface area contributed by atoms with Crippen LogP contribution in [0.3, 0.4) is 0 Å². The van der Waals surface area contributed by atoms with E-state index in [1.54, 1.807) is 45.3 Å². The number of aliphatic carboxylic acids is 2. The molecule has 0 saturated heterocycles. The summed E-state index contributed by atoms with van der Waals surface area (Å²) in [7, 11) is 4.60. The topological polar surface area (TPSA) is 135 Å². The van der Waals surface area contributed by atoms with Crippen molar-refractivity contribution in [3.05, 3.63) is 46.8 Å². The molecule has 2 aromatic rings. The molecule has 0 bridgehead atoms. The predicted molar refractivity (Wildman–Crippen MR) is 137 cm³/mol. The molecule has 0 radical (unpaired) electrons. The maximum absolute atomic E-state index is 13.6. The molecule has 0 fully saturated rings. The molecule has 0 spiro atoms. The van der Waals surface area contributed by atoms with Crippen molar-refractivity contribution >= 4 is 23.8 Å². The fourth-order valence-electron chi connectivity index (χ4n) is 3.92. The standard InChI is InChI=1S/C27H36N2O8/c1-9-37-23(31)21-19(15-27(4,5)25(34)35)18(14-26(2,3)24(32)33)20(22(30)28(6)7)29(21)16-10-12-17(36-8)13-11-16/h10-13H,9,14-15H2,1-8H3,(H,32,33)(H,34,35). The summed E-state index contributed by atoms with van der Waals surface area (Å²) in [6, 6.07) is 6.64. The van der Waals surface area contributed by atoms with Crippen LogP contribution in [0, 0.1) is 10.8 Å². The Morgan fingerprint density at radius 3 is 1.70 bits per heavy atom. The smallest absolute Gasteiger partial charge is 0.355 e. The molecule has 0 saturated carbocycles. The van der Waals surface area contributed by atoms with Gasteiger partial charge >= 0.3 is 17.9 Å². The number of carbonyl (C=O) groups excluding carboxylic acids is 2. The van der Waals surface area contributed by atoms with E-state index >= 15 is 0 Å². The Labute approximate surface area is 216 Å². The van der Waals surface area contributed by atoms with Crippen molar-refractivity contribution in [1.82, 2.24) is 9.47 Å². The van der Waals surface area contributed by atoms with Crippen molar-refractivity contribution in [2.24, 2.45) is 10.8 Å². The van der Waals surface area contributed by atoms with Crippen LogP contribution < -0.4 is 4.74 Å². The van der Waals surface area contributed by atoms with Crippen molar-refractivity contribution in [2.75, 3.05) is 27.8 Å². The summed E-state index contributed by atoms with van der Waals surface area (Å²) >= 11 is 0. The molecule has 2 N–H and O–H groups in total. The van der Waals surface area contributed by atoms with Crippen LogP contribution in [0.4, 0.5) is 0 Å². The Hall–Kier alpha value is -3.82. The zero-order valence-electron chi connectivity index (χ0n) is 22.7. The number of ether oxygens (including phenoxy) is 2. The minimum atomic E-state index is -1.34. The number of methoxy groups -OCH3 is 1. The van der Waals surface area contributed by atoms with E-state index in [4.69, 9.17) is 9.47 Å². The molecule has 0 atom stereocenters. The van der Waals surface area contributed by atoms with Gasteiger partial charge in [-0.2, -0.15) is 0 Å². The largest absolute Gasteiger partial charge is 0.497 e. The molecule has 2 rings (SSSR count). The molecule has 10 heteroatoms. The number of nitrogens with zero attached hydrogens (tertiary/aromatic N) is 2. The van der Waals surface area contributed by atoms with Gasteiger partial charge in [0.15, 0.2) is 0 Å². The van der Waals surface area contributed by atoms with E-state index in [2.05, 4.69) is 0 Å².